The molecule has 0 bridgehead atoms. The van der Waals surface area contributed by atoms with Gasteiger partial charge in [0.2, 0.25) is 0 Å². The largest absolute Gasteiger partial charge is 0.340 e. The summed E-state index contributed by atoms with van der Waals surface area (Å²) in [6.07, 6.45) is 0.339. The van der Waals surface area contributed by atoms with Crippen LogP contribution < -0.4 is 0 Å². The smallest absolute Gasteiger partial charge is 0.267 e. The molecule has 0 aromatic carbocycles. The van der Waals surface area contributed by atoms with Gasteiger partial charge < -0.3 is 4.90 Å². The number of rotatable bonds is 4. The molecule has 0 fully saturated rings. The molecule has 0 aliphatic carbocycles. The molecule has 1 aromatic rings. The van der Waals surface area contributed by atoms with E-state index in [-0.39, 0.29) is 11.8 Å². The molecule has 6 heteroatoms. The van der Waals surface area contributed by atoms with E-state index in [9.17, 15) is 4.79 Å². The normalized spacial score (nSPS) is 10.2. The Balaban J connectivity index is 2.80. The fourth-order valence-electron chi connectivity index (χ4n) is 1.22. The summed E-state index contributed by atoms with van der Waals surface area (Å²) in [4.78, 5) is 14.1. The van der Waals surface area contributed by atoms with Crippen LogP contribution in [0.25, 0.3) is 0 Å². The maximum Gasteiger partial charge on any atom is 0.267 e. The molecule has 0 unspecified atom stereocenters. The summed E-state index contributed by atoms with van der Waals surface area (Å²) >= 11 is 1.11. The Kier molecular flexibility index (Phi) is 4.38. The van der Waals surface area contributed by atoms with E-state index in [0.717, 1.165) is 17.2 Å². The van der Waals surface area contributed by atoms with Gasteiger partial charge in [-0.1, -0.05) is 18.3 Å². The Bertz CT molecular complexity index is 407. The Morgan fingerprint density at radius 2 is 2.31 bits per heavy atom. The molecule has 0 atom stereocenters. The van der Waals surface area contributed by atoms with Crippen molar-refractivity contribution in [3.8, 4) is 6.07 Å². The number of amides is 1. The van der Waals surface area contributed by atoms with E-state index in [1.165, 1.54) is 4.90 Å². The number of carbonyl (C=O) groups excluding carboxylic acids is 1. The average Bonchev–Trinajstić information content (AvgIpc) is 2.73. The lowest BCUT2D eigenvalue weighted by molar-refractivity contribution is 0.0801. The van der Waals surface area contributed by atoms with Crippen molar-refractivity contribution in [2.75, 3.05) is 13.6 Å². The quantitative estimate of drug-likeness (QED) is 0.799. The zero-order chi connectivity index (χ0) is 12.1. The van der Waals surface area contributed by atoms with E-state index < -0.39 is 0 Å². The number of hydrogen-bond donors (Lipinski definition) is 0. The first-order valence-electron chi connectivity index (χ1n) is 5.02. The standard InChI is InChI=1S/C10H14N4OS/c1-7(2)8-9(16-13-12-8)10(15)14(3)6-4-5-11/h7H,4,6H2,1-3H3. The van der Waals surface area contributed by atoms with Crippen LogP contribution in [0.1, 0.15) is 41.6 Å². The van der Waals surface area contributed by atoms with E-state index in [0.29, 0.717) is 17.8 Å². The SMILES string of the molecule is CC(C)c1nnsc1C(=O)N(C)CCC#N. The predicted molar refractivity (Wildman–Crippen MR) is 61.2 cm³/mol. The number of nitriles is 1. The predicted octanol–water partition coefficient (Wildman–Crippen LogP) is 1.65. The molecule has 16 heavy (non-hydrogen) atoms. The molecule has 1 aromatic heterocycles. The Labute approximate surface area is 98.9 Å². The van der Waals surface area contributed by atoms with E-state index in [1.807, 2.05) is 19.9 Å². The number of nitrogens with zero attached hydrogens (tertiary/aromatic N) is 4. The fraction of sp³-hybridized carbons (Fsp3) is 0.600. The van der Waals surface area contributed by atoms with Crippen LogP contribution in [0.5, 0.6) is 0 Å². The van der Waals surface area contributed by atoms with E-state index in [1.54, 1.807) is 7.05 Å². The fourth-order valence-corrected chi connectivity index (χ4v) is 2.03. The Morgan fingerprint density at radius 1 is 1.62 bits per heavy atom. The summed E-state index contributed by atoms with van der Waals surface area (Å²) in [7, 11) is 1.68. The van der Waals surface area contributed by atoms with E-state index >= 15 is 0 Å². The van der Waals surface area contributed by atoms with Gasteiger partial charge in [0.25, 0.3) is 5.91 Å². The third kappa shape index (κ3) is 2.76. The van der Waals surface area contributed by atoms with Crippen molar-refractivity contribution in [3.63, 3.8) is 0 Å². The van der Waals surface area contributed by atoms with Gasteiger partial charge in [0.15, 0.2) is 0 Å². The van der Waals surface area contributed by atoms with Crippen LogP contribution in [0, 0.1) is 11.3 Å². The molecular weight excluding hydrogens is 224 g/mol. The molecule has 0 radical (unpaired) electrons. The van der Waals surface area contributed by atoms with Crippen molar-refractivity contribution in [1.82, 2.24) is 14.5 Å². The molecule has 0 saturated carbocycles. The van der Waals surface area contributed by atoms with Gasteiger partial charge in [-0.05, 0) is 17.5 Å². The minimum Gasteiger partial charge on any atom is -0.340 e. The molecule has 1 heterocycles. The minimum absolute atomic E-state index is 0.103. The molecule has 1 rings (SSSR count). The van der Waals surface area contributed by atoms with Crippen molar-refractivity contribution < 1.29 is 4.79 Å². The number of carbonyl (C=O) groups is 1. The van der Waals surface area contributed by atoms with Gasteiger partial charge in [0, 0.05) is 13.6 Å². The monoisotopic (exact) mass is 238 g/mol. The van der Waals surface area contributed by atoms with Crippen molar-refractivity contribution in [3.05, 3.63) is 10.6 Å². The molecule has 0 aliphatic rings. The highest BCUT2D eigenvalue weighted by molar-refractivity contribution is 7.08. The van der Waals surface area contributed by atoms with Gasteiger partial charge in [0.1, 0.15) is 4.88 Å². The average molecular weight is 238 g/mol. The van der Waals surface area contributed by atoms with Crippen LogP contribution in [0.4, 0.5) is 0 Å². The second-order valence-electron chi connectivity index (χ2n) is 3.78. The number of hydrogen-bond acceptors (Lipinski definition) is 5. The van der Waals surface area contributed by atoms with Crippen LogP contribution in [-0.2, 0) is 0 Å². The highest BCUT2D eigenvalue weighted by Gasteiger charge is 2.21. The first-order chi connectivity index (χ1) is 7.57. The first kappa shape index (κ1) is 12.6. The third-order valence-electron chi connectivity index (χ3n) is 2.16. The second-order valence-corrected chi connectivity index (χ2v) is 4.53. The molecule has 0 aliphatic heterocycles. The van der Waals surface area contributed by atoms with Crippen LogP contribution in [0.2, 0.25) is 0 Å². The maximum atomic E-state index is 12.0. The van der Waals surface area contributed by atoms with Gasteiger partial charge in [-0.25, -0.2) is 0 Å². The molecule has 1 amide bonds. The Morgan fingerprint density at radius 3 is 2.88 bits per heavy atom. The van der Waals surface area contributed by atoms with Crippen LogP contribution in [0.3, 0.4) is 0 Å². The second kappa shape index (κ2) is 5.56. The van der Waals surface area contributed by atoms with Gasteiger partial charge in [-0.2, -0.15) is 5.26 Å². The lowest BCUT2D eigenvalue weighted by Gasteiger charge is -2.14. The lowest BCUT2D eigenvalue weighted by atomic mass is 10.1. The van der Waals surface area contributed by atoms with Gasteiger partial charge in [-0.15, -0.1) is 5.10 Å². The molecular formula is C10H14N4OS. The Hall–Kier alpha value is -1.48. The topological polar surface area (TPSA) is 69.9 Å². The maximum absolute atomic E-state index is 12.0. The number of aromatic nitrogens is 2. The van der Waals surface area contributed by atoms with Crippen molar-refractivity contribution >= 4 is 17.4 Å². The van der Waals surface area contributed by atoms with E-state index in [4.69, 9.17) is 5.26 Å². The molecule has 0 N–H and O–H groups in total. The van der Waals surface area contributed by atoms with E-state index in [2.05, 4.69) is 9.59 Å². The van der Waals surface area contributed by atoms with Crippen molar-refractivity contribution in [2.45, 2.75) is 26.2 Å². The van der Waals surface area contributed by atoms with Crippen LogP contribution in [0.15, 0.2) is 0 Å². The molecule has 5 nitrogen and oxygen atoms in total. The highest BCUT2D eigenvalue weighted by Crippen LogP contribution is 2.20. The van der Waals surface area contributed by atoms with Gasteiger partial charge in [-0.3, -0.25) is 4.79 Å². The highest BCUT2D eigenvalue weighted by atomic mass is 32.1. The summed E-state index contributed by atoms with van der Waals surface area (Å²) in [5, 5.41) is 12.4. The molecule has 0 saturated heterocycles. The van der Waals surface area contributed by atoms with Gasteiger partial charge >= 0.3 is 0 Å². The van der Waals surface area contributed by atoms with Crippen molar-refractivity contribution in [2.24, 2.45) is 0 Å². The zero-order valence-electron chi connectivity index (χ0n) is 9.60. The zero-order valence-corrected chi connectivity index (χ0v) is 10.4. The van der Waals surface area contributed by atoms with Gasteiger partial charge in [0.05, 0.1) is 18.2 Å². The summed E-state index contributed by atoms with van der Waals surface area (Å²) in [5.41, 5.74) is 0.735. The lowest BCUT2D eigenvalue weighted by Crippen LogP contribution is -2.27. The summed E-state index contributed by atoms with van der Waals surface area (Å²) < 4.78 is 3.81. The van der Waals surface area contributed by atoms with Crippen molar-refractivity contribution in [1.29, 1.82) is 5.26 Å². The van der Waals surface area contributed by atoms with Crippen LogP contribution >= 0.6 is 11.5 Å². The summed E-state index contributed by atoms with van der Waals surface area (Å²) in [6.45, 7) is 4.39. The summed E-state index contributed by atoms with van der Waals surface area (Å²) in [5.74, 6) is 0.0796. The third-order valence-corrected chi connectivity index (χ3v) is 2.89. The summed E-state index contributed by atoms with van der Waals surface area (Å²) in [6, 6.07) is 2.01. The molecule has 0 spiro atoms. The van der Waals surface area contributed by atoms with Crippen LogP contribution in [-0.4, -0.2) is 34.0 Å². The minimum atomic E-state index is -0.103. The first-order valence-corrected chi connectivity index (χ1v) is 5.80. The molecule has 86 valence electrons.